The van der Waals surface area contributed by atoms with E-state index in [0.717, 1.165) is 6.07 Å². The fraction of sp³-hybridized carbons (Fsp3) is 0.0714. The molecule has 0 aliphatic carbocycles. The quantitative estimate of drug-likeness (QED) is 0.689. The van der Waals surface area contributed by atoms with Crippen LogP contribution in [0, 0.1) is 22.9 Å². The molecule has 0 aliphatic rings. The highest BCUT2D eigenvalue weighted by atomic mass is 19.1. The van der Waals surface area contributed by atoms with Crippen molar-refractivity contribution >= 4 is 17.3 Å². The number of aryl methyl sites for hydroxylation is 1. The lowest BCUT2D eigenvalue weighted by Crippen LogP contribution is -2.13. The summed E-state index contributed by atoms with van der Waals surface area (Å²) in [5, 5.41) is 13.2. The number of nitro groups is 1. The Balaban J connectivity index is 2.27. The average molecular weight is 274 g/mol. The Morgan fingerprint density at radius 3 is 2.65 bits per heavy atom. The zero-order valence-corrected chi connectivity index (χ0v) is 10.6. The minimum Gasteiger partial charge on any atom is -0.321 e. The van der Waals surface area contributed by atoms with Crippen molar-refractivity contribution in [2.24, 2.45) is 0 Å². The number of nitrogens with one attached hydrogen (secondary N) is 1. The van der Waals surface area contributed by atoms with Crippen LogP contribution in [0.25, 0.3) is 0 Å². The van der Waals surface area contributed by atoms with Crippen LogP contribution in [-0.4, -0.2) is 10.8 Å². The molecule has 2 aromatic rings. The van der Waals surface area contributed by atoms with Gasteiger partial charge in [-0.1, -0.05) is 12.1 Å². The Bertz CT molecular complexity index is 686. The third-order valence-electron chi connectivity index (χ3n) is 2.77. The first kappa shape index (κ1) is 13.7. The van der Waals surface area contributed by atoms with Gasteiger partial charge in [0.15, 0.2) is 0 Å². The molecule has 2 rings (SSSR count). The molecule has 2 aromatic carbocycles. The normalized spacial score (nSPS) is 10.1. The molecule has 0 atom stereocenters. The molecule has 5 nitrogen and oxygen atoms in total. The number of non-ortho nitro benzene ring substituents is 1. The summed E-state index contributed by atoms with van der Waals surface area (Å²) in [5.41, 5.74) is 1.04. The first-order valence-electron chi connectivity index (χ1n) is 5.79. The van der Waals surface area contributed by atoms with E-state index in [1.54, 1.807) is 13.0 Å². The summed E-state index contributed by atoms with van der Waals surface area (Å²) >= 11 is 0. The number of benzene rings is 2. The van der Waals surface area contributed by atoms with Gasteiger partial charge in [0.05, 0.1) is 10.6 Å². The molecular weight excluding hydrogens is 263 g/mol. The van der Waals surface area contributed by atoms with Crippen LogP contribution in [0.3, 0.4) is 0 Å². The lowest BCUT2D eigenvalue weighted by molar-refractivity contribution is -0.384. The number of amides is 1. The van der Waals surface area contributed by atoms with Gasteiger partial charge in [0.1, 0.15) is 5.82 Å². The van der Waals surface area contributed by atoms with Crippen molar-refractivity contribution in [1.82, 2.24) is 0 Å². The van der Waals surface area contributed by atoms with Crippen LogP contribution in [0.15, 0.2) is 42.5 Å². The summed E-state index contributed by atoms with van der Waals surface area (Å²) in [6.45, 7) is 1.71. The maximum absolute atomic E-state index is 13.0. The van der Waals surface area contributed by atoms with E-state index in [9.17, 15) is 19.3 Å². The van der Waals surface area contributed by atoms with E-state index < -0.39 is 16.6 Å². The highest BCUT2D eigenvalue weighted by molar-refractivity contribution is 6.04. The van der Waals surface area contributed by atoms with Crippen molar-refractivity contribution in [2.75, 3.05) is 5.32 Å². The molecule has 20 heavy (non-hydrogen) atoms. The zero-order valence-electron chi connectivity index (χ0n) is 10.6. The first-order valence-corrected chi connectivity index (χ1v) is 5.79. The Morgan fingerprint density at radius 2 is 2.00 bits per heavy atom. The average Bonchev–Trinajstić information content (AvgIpc) is 2.41. The van der Waals surface area contributed by atoms with Gasteiger partial charge in [0.2, 0.25) is 0 Å². The van der Waals surface area contributed by atoms with Gasteiger partial charge in [0.25, 0.3) is 11.6 Å². The maximum atomic E-state index is 13.0. The number of anilines is 1. The molecule has 0 aromatic heterocycles. The molecule has 102 valence electrons. The second-order valence-corrected chi connectivity index (χ2v) is 4.22. The van der Waals surface area contributed by atoms with E-state index in [1.165, 1.54) is 30.3 Å². The second kappa shape index (κ2) is 5.48. The van der Waals surface area contributed by atoms with Gasteiger partial charge < -0.3 is 5.32 Å². The number of carbonyl (C=O) groups is 1. The fourth-order valence-electron chi connectivity index (χ4n) is 1.68. The van der Waals surface area contributed by atoms with Crippen molar-refractivity contribution < 1.29 is 14.1 Å². The van der Waals surface area contributed by atoms with E-state index in [-0.39, 0.29) is 11.3 Å². The fourth-order valence-corrected chi connectivity index (χ4v) is 1.68. The van der Waals surface area contributed by atoms with Crippen molar-refractivity contribution in [3.63, 3.8) is 0 Å². The molecule has 0 spiro atoms. The summed E-state index contributed by atoms with van der Waals surface area (Å²) in [5.74, 6) is -1.04. The molecule has 0 fully saturated rings. The molecule has 0 heterocycles. The van der Waals surface area contributed by atoms with Crippen molar-refractivity contribution in [3.8, 4) is 0 Å². The van der Waals surface area contributed by atoms with E-state index in [1.807, 2.05) is 0 Å². The van der Waals surface area contributed by atoms with Gasteiger partial charge >= 0.3 is 0 Å². The summed E-state index contributed by atoms with van der Waals surface area (Å²) < 4.78 is 13.0. The van der Waals surface area contributed by atoms with Crippen LogP contribution in [0.5, 0.6) is 0 Å². The molecule has 1 amide bonds. The molecule has 1 N–H and O–H groups in total. The van der Waals surface area contributed by atoms with Crippen molar-refractivity contribution in [1.29, 1.82) is 0 Å². The van der Waals surface area contributed by atoms with Gasteiger partial charge in [0, 0.05) is 17.7 Å². The van der Waals surface area contributed by atoms with Crippen LogP contribution < -0.4 is 5.32 Å². The predicted molar refractivity (Wildman–Crippen MR) is 72.2 cm³/mol. The summed E-state index contributed by atoms with van der Waals surface area (Å²) in [7, 11) is 0. The van der Waals surface area contributed by atoms with Crippen LogP contribution in [-0.2, 0) is 0 Å². The topological polar surface area (TPSA) is 72.2 Å². The Hall–Kier alpha value is -2.76. The molecule has 6 heteroatoms. The Morgan fingerprint density at radius 1 is 1.25 bits per heavy atom. The minimum atomic E-state index is -0.544. The lowest BCUT2D eigenvalue weighted by atomic mass is 10.1. The first-order chi connectivity index (χ1) is 9.47. The van der Waals surface area contributed by atoms with Crippen LogP contribution in [0.2, 0.25) is 0 Å². The summed E-state index contributed by atoms with van der Waals surface area (Å²) in [6.07, 6.45) is 0. The molecule has 0 radical (unpaired) electrons. The van der Waals surface area contributed by atoms with Gasteiger partial charge in [-0.05, 0) is 30.7 Å². The number of hydrogen-bond acceptors (Lipinski definition) is 3. The number of halogens is 1. The SMILES string of the molecule is Cc1ccc([N+](=O)[O-])cc1NC(=O)c1cccc(F)c1. The monoisotopic (exact) mass is 274 g/mol. The lowest BCUT2D eigenvalue weighted by Gasteiger charge is -2.08. The smallest absolute Gasteiger partial charge is 0.271 e. The van der Waals surface area contributed by atoms with Gasteiger partial charge in [-0.25, -0.2) is 4.39 Å². The van der Waals surface area contributed by atoms with Crippen LogP contribution in [0.1, 0.15) is 15.9 Å². The predicted octanol–water partition coefficient (Wildman–Crippen LogP) is 3.29. The van der Waals surface area contributed by atoms with E-state index in [2.05, 4.69) is 5.32 Å². The van der Waals surface area contributed by atoms with E-state index >= 15 is 0 Å². The largest absolute Gasteiger partial charge is 0.321 e. The molecule has 0 aliphatic heterocycles. The van der Waals surface area contributed by atoms with E-state index in [0.29, 0.717) is 11.3 Å². The number of carbonyl (C=O) groups excluding carboxylic acids is 1. The number of rotatable bonds is 3. The number of hydrogen-bond donors (Lipinski definition) is 1. The second-order valence-electron chi connectivity index (χ2n) is 4.22. The van der Waals surface area contributed by atoms with Gasteiger partial charge in [-0.15, -0.1) is 0 Å². The molecule has 0 saturated heterocycles. The van der Waals surface area contributed by atoms with E-state index in [4.69, 9.17) is 0 Å². The number of nitrogens with zero attached hydrogens (tertiary/aromatic N) is 1. The third-order valence-corrected chi connectivity index (χ3v) is 2.77. The van der Waals surface area contributed by atoms with Crippen LogP contribution >= 0.6 is 0 Å². The van der Waals surface area contributed by atoms with Crippen LogP contribution in [0.4, 0.5) is 15.8 Å². The summed E-state index contributed by atoms with van der Waals surface area (Å²) in [4.78, 5) is 22.1. The Kier molecular flexibility index (Phi) is 3.74. The molecular formula is C14H11FN2O3. The molecule has 0 bridgehead atoms. The number of nitro benzene ring substituents is 1. The molecule has 0 saturated carbocycles. The zero-order chi connectivity index (χ0) is 14.7. The summed E-state index contributed by atoms with van der Waals surface area (Å²) in [6, 6.07) is 9.38. The highest BCUT2D eigenvalue weighted by Gasteiger charge is 2.12. The Labute approximate surface area is 114 Å². The van der Waals surface area contributed by atoms with Gasteiger partial charge in [-0.2, -0.15) is 0 Å². The standard InChI is InChI=1S/C14H11FN2O3/c1-9-5-6-12(17(19)20)8-13(9)16-14(18)10-3-2-4-11(15)7-10/h2-8H,1H3,(H,16,18). The minimum absolute atomic E-state index is 0.120. The van der Waals surface area contributed by atoms with Crippen molar-refractivity contribution in [2.45, 2.75) is 6.92 Å². The maximum Gasteiger partial charge on any atom is 0.271 e. The van der Waals surface area contributed by atoms with Crippen molar-refractivity contribution in [3.05, 3.63) is 69.5 Å². The highest BCUT2D eigenvalue weighted by Crippen LogP contribution is 2.22. The van der Waals surface area contributed by atoms with Gasteiger partial charge in [-0.3, -0.25) is 14.9 Å². The third kappa shape index (κ3) is 2.97. The molecule has 0 unspecified atom stereocenters.